The summed E-state index contributed by atoms with van der Waals surface area (Å²) in [5, 5.41) is 3.00. The first-order valence-electron chi connectivity index (χ1n) is 5.62. The van der Waals surface area contributed by atoms with Crippen molar-refractivity contribution in [1.82, 2.24) is 5.32 Å². The van der Waals surface area contributed by atoms with Gasteiger partial charge in [-0.2, -0.15) is 0 Å². The van der Waals surface area contributed by atoms with Gasteiger partial charge in [-0.25, -0.2) is 0 Å². The number of rotatable bonds is 7. The van der Waals surface area contributed by atoms with Gasteiger partial charge in [-0.3, -0.25) is 4.79 Å². The molecule has 0 aliphatic carbocycles. The molecule has 0 aromatic carbocycles. The maximum atomic E-state index is 11.5. The van der Waals surface area contributed by atoms with E-state index in [2.05, 4.69) is 19.2 Å². The Bertz CT molecular complexity index is 159. The lowest BCUT2D eigenvalue weighted by Gasteiger charge is -2.16. The molecule has 0 saturated heterocycles. The summed E-state index contributed by atoms with van der Waals surface area (Å²) in [6.45, 7) is 6.72. The molecule has 3 N–H and O–H groups in total. The van der Waals surface area contributed by atoms with Crippen LogP contribution in [0.4, 0.5) is 0 Å². The number of unbranched alkanes of at least 4 members (excludes halogenated alkanes) is 1. The number of carbonyl (C=O) groups is 1. The second kappa shape index (κ2) is 7.80. The molecule has 0 saturated carbocycles. The van der Waals surface area contributed by atoms with Crippen LogP contribution in [0.1, 0.15) is 46.5 Å². The van der Waals surface area contributed by atoms with Gasteiger partial charge in [0.05, 0.1) is 0 Å². The Kier molecular flexibility index (Phi) is 7.48. The average Bonchev–Trinajstić information content (AvgIpc) is 2.15. The summed E-state index contributed by atoms with van der Waals surface area (Å²) in [7, 11) is 0. The van der Waals surface area contributed by atoms with E-state index in [0.29, 0.717) is 12.6 Å². The molecule has 0 fully saturated rings. The Morgan fingerprint density at radius 2 is 2.00 bits per heavy atom. The maximum absolute atomic E-state index is 11.5. The molecule has 0 rings (SSSR count). The van der Waals surface area contributed by atoms with Crippen LogP contribution in [0.15, 0.2) is 0 Å². The van der Waals surface area contributed by atoms with Crippen LogP contribution in [0, 0.1) is 5.92 Å². The fourth-order valence-corrected chi connectivity index (χ4v) is 1.35. The topological polar surface area (TPSA) is 55.1 Å². The van der Waals surface area contributed by atoms with Crippen molar-refractivity contribution >= 4 is 5.91 Å². The molecule has 3 nitrogen and oxygen atoms in total. The van der Waals surface area contributed by atoms with Gasteiger partial charge in [0.1, 0.15) is 0 Å². The second-order valence-corrected chi connectivity index (χ2v) is 4.03. The van der Waals surface area contributed by atoms with Crippen molar-refractivity contribution < 1.29 is 4.79 Å². The number of hydrogen-bond donors (Lipinski definition) is 2. The third kappa shape index (κ3) is 5.97. The van der Waals surface area contributed by atoms with Gasteiger partial charge in [0.25, 0.3) is 0 Å². The van der Waals surface area contributed by atoms with Crippen molar-refractivity contribution in [3.63, 3.8) is 0 Å². The SMILES string of the molecule is CCCCC(C)NC(=O)C(C)CCN. The summed E-state index contributed by atoms with van der Waals surface area (Å²) >= 11 is 0. The van der Waals surface area contributed by atoms with Gasteiger partial charge in [-0.15, -0.1) is 0 Å². The Morgan fingerprint density at radius 3 is 2.50 bits per heavy atom. The van der Waals surface area contributed by atoms with E-state index in [1.807, 2.05) is 6.92 Å². The Labute approximate surface area is 87.4 Å². The number of carbonyl (C=O) groups excluding carboxylic acids is 1. The van der Waals surface area contributed by atoms with Crippen LogP contribution < -0.4 is 11.1 Å². The highest BCUT2D eigenvalue weighted by atomic mass is 16.1. The lowest BCUT2D eigenvalue weighted by molar-refractivity contribution is -0.125. The smallest absolute Gasteiger partial charge is 0.223 e. The van der Waals surface area contributed by atoms with Gasteiger partial charge in [0, 0.05) is 12.0 Å². The highest BCUT2D eigenvalue weighted by Gasteiger charge is 2.13. The predicted molar refractivity (Wildman–Crippen MR) is 60.0 cm³/mol. The maximum Gasteiger partial charge on any atom is 0.223 e. The van der Waals surface area contributed by atoms with Crippen LogP contribution in [0.3, 0.4) is 0 Å². The summed E-state index contributed by atoms with van der Waals surface area (Å²) in [6, 6.07) is 0.294. The molecule has 14 heavy (non-hydrogen) atoms. The molecule has 0 aromatic rings. The molecule has 1 amide bonds. The molecule has 84 valence electrons. The van der Waals surface area contributed by atoms with Crippen LogP contribution in [0.25, 0.3) is 0 Å². The largest absolute Gasteiger partial charge is 0.353 e. The van der Waals surface area contributed by atoms with Crippen LogP contribution in [0.2, 0.25) is 0 Å². The minimum atomic E-state index is 0.0454. The number of amides is 1. The van der Waals surface area contributed by atoms with Gasteiger partial charge in [-0.1, -0.05) is 26.7 Å². The second-order valence-electron chi connectivity index (χ2n) is 4.03. The van der Waals surface area contributed by atoms with E-state index in [4.69, 9.17) is 5.73 Å². The van der Waals surface area contributed by atoms with Gasteiger partial charge >= 0.3 is 0 Å². The average molecular weight is 200 g/mol. The lowest BCUT2D eigenvalue weighted by Crippen LogP contribution is -2.36. The van der Waals surface area contributed by atoms with Crippen LogP contribution in [-0.4, -0.2) is 18.5 Å². The molecule has 0 aliphatic rings. The zero-order valence-electron chi connectivity index (χ0n) is 9.68. The van der Waals surface area contributed by atoms with E-state index < -0.39 is 0 Å². The summed E-state index contributed by atoms with van der Waals surface area (Å²) < 4.78 is 0. The van der Waals surface area contributed by atoms with E-state index in [0.717, 1.165) is 12.8 Å². The minimum Gasteiger partial charge on any atom is -0.353 e. The van der Waals surface area contributed by atoms with Gasteiger partial charge in [0.15, 0.2) is 0 Å². The third-order valence-corrected chi connectivity index (χ3v) is 2.43. The Balaban J connectivity index is 3.69. The molecule has 2 atom stereocenters. The Hall–Kier alpha value is -0.570. The van der Waals surface area contributed by atoms with Gasteiger partial charge in [0.2, 0.25) is 5.91 Å². The highest BCUT2D eigenvalue weighted by Crippen LogP contribution is 2.04. The van der Waals surface area contributed by atoms with Gasteiger partial charge < -0.3 is 11.1 Å². The standard InChI is InChI=1S/C11H24N2O/c1-4-5-6-10(3)13-11(14)9(2)7-8-12/h9-10H,4-8,12H2,1-3H3,(H,13,14). The van der Waals surface area contributed by atoms with Crippen molar-refractivity contribution in [3.8, 4) is 0 Å². The first-order valence-corrected chi connectivity index (χ1v) is 5.62. The highest BCUT2D eigenvalue weighted by molar-refractivity contribution is 5.78. The molecule has 0 aliphatic heterocycles. The third-order valence-electron chi connectivity index (χ3n) is 2.43. The van der Waals surface area contributed by atoms with E-state index in [9.17, 15) is 4.79 Å². The zero-order valence-corrected chi connectivity index (χ0v) is 9.68. The van der Waals surface area contributed by atoms with Crippen LogP contribution >= 0.6 is 0 Å². The van der Waals surface area contributed by atoms with Crippen LogP contribution in [0.5, 0.6) is 0 Å². The normalized spacial score (nSPS) is 14.9. The first-order chi connectivity index (χ1) is 6.61. The molecular formula is C11H24N2O. The lowest BCUT2D eigenvalue weighted by atomic mass is 10.1. The zero-order chi connectivity index (χ0) is 11.0. The summed E-state index contributed by atoms with van der Waals surface area (Å²) in [6.07, 6.45) is 4.19. The quantitative estimate of drug-likeness (QED) is 0.657. The molecule has 0 radical (unpaired) electrons. The number of hydrogen-bond acceptors (Lipinski definition) is 2. The fraction of sp³-hybridized carbons (Fsp3) is 0.909. The predicted octanol–water partition coefficient (Wildman–Crippen LogP) is 1.67. The fourth-order valence-electron chi connectivity index (χ4n) is 1.35. The molecule has 0 heterocycles. The summed E-state index contributed by atoms with van der Waals surface area (Å²) in [4.78, 5) is 11.5. The van der Waals surface area contributed by atoms with Crippen molar-refractivity contribution in [3.05, 3.63) is 0 Å². The molecule has 0 aromatic heterocycles. The van der Waals surface area contributed by atoms with Crippen molar-refractivity contribution in [2.75, 3.05) is 6.54 Å². The monoisotopic (exact) mass is 200 g/mol. The molecule has 0 spiro atoms. The minimum absolute atomic E-state index is 0.0454. The number of nitrogens with one attached hydrogen (secondary N) is 1. The van der Waals surface area contributed by atoms with E-state index in [-0.39, 0.29) is 11.8 Å². The Morgan fingerprint density at radius 1 is 1.36 bits per heavy atom. The van der Waals surface area contributed by atoms with E-state index >= 15 is 0 Å². The first kappa shape index (κ1) is 13.4. The summed E-state index contributed by atoms with van der Waals surface area (Å²) in [5.41, 5.74) is 5.40. The van der Waals surface area contributed by atoms with Crippen molar-refractivity contribution in [2.24, 2.45) is 11.7 Å². The molecule has 3 heteroatoms. The number of nitrogens with two attached hydrogens (primary N) is 1. The summed E-state index contributed by atoms with van der Waals surface area (Å²) in [5.74, 6) is 0.183. The van der Waals surface area contributed by atoms with Gasteiger partial charge in [-0.05, 0) is 26.3 Å². The molecular weight excluding hydrogens is 176 g/mol. The molecule has 0 bridgehead atoms. The van der Waals surface area contributed by atoms with E-state index in [1.54, 1.807) is 0 Å². The van der Waals surface area contributed by atoms with Crippen molar-refractivity contribution in [2.45, 2.75) is 52.5 Å². The molecule has 2 unspecified atom stereocenters. The van der Waals surface area contributed by atoms with Crippen molar-refractivity contribution in [1.29, 1.82) is 0 Å². The van der Waals surface area contributed by atoms with E-state index in [1.165, 1.54) is 12.8 Å². The van der Waals surface area contributed by atoms with Crippen LogP contribution in [-0.2, 0) is 4.79 Å².